The van der Waals surface area contributed by atoms with Gasteiger partial charge in [-0.3, -0.25) is 4.79 Å². The number of hydrogen-bond acceptors (Lipinski definition) is 3. The Hall–Kier alpha value is -1.75. The SMILES string of the molecule is COc1cccc(N2CC[NH+](CC(=O)N3CC[C@H]4CCCC[C@@H]4C3)CC2)c1. The van der Waals surface area contributed by atoms with E-state index < -0.39 is 0 Å². The largest absolute Gasteiger partial charge is 0.497 e. The molecule has 1 saturated carbocycles. The quantitative estimate of drug-likeness (QED) is 0.869. The topological polar surface area (TPSA) is 37.2 Å². The van der Waals surface area contributed by atoms with Crippen molar-refractivity contribution in [2.75, 3.05) is 57.8 Å². The maximum absolute atomic E-state index is 12.9. The number of ether oxygens (including phenoxy) is 1. The number of carbonyl (C=O) groups excluding carboxylic acids is 1. The molecule has 1 N–H and O–H groups in total. The number of nitrogens with zero attached hydrogens (tertiary/aromatic N) is 2. The van der Waals surface area contributed by atoms with Crippen LogP contribution in [0.15, 0.2) is 24.3 Å². The highest BCUT2D eigenvalue weighted by Crippen LogP contribution is 2.35. The summed E-state index contributed by atoms with van der Waals surface area (Å²) in [4.78, 5) is 18.9. The average molecular weight is 373 g/mol. The summed E-state index contributed by atoms with van der Waals surface area (Å²) < 4.78 is 5.34. The molecule has 1 aromatic carbocycles. The fraction of sp³-hybridized carbons (Fsp3) is 0.682. The predicted octanol–water partition coefficient (Wildman–Crippen LogP) is 1.44. The first-order valence-electron chi connectivity index (χ1n) is 10.7. The molecule has 148 valence electrons. The number of likely N-dealkylation sites (tertiary alicyclic amines) is 1. The van der Waals surface area contributed by atoms with Crippen LogP contribution < -0.4 is 14.5 Å². The molecule has 2 saturated heterocycles. The number of methoxy groups -OCH3 is 1. The molecule has 2 heterocycles. The molecule has 2 aliphatic heterocycles. The highest BCUT2D eigenvalue weighted by molar-refractivity contribution is 5.77. The minimum absolute atomic E-state index is 0.379. The van der Waals surface area contributed by atoms with Gasteiger partial charge in [-0.2, -0.15) is 0 Å². The molecule has 5 nitrogen and oxygen atoms in total. The molecule has 3 aliphatic rings. The molecule has 1 amide bonds. The van der Waals surface area contributed by atoms with E-state index in [0.29, 0.717) is 12.5 Å². The van der Waals surface area contributed by atoms with Gasteiger partial charge in [-0.1, -0.05) is 25.3 Å². The van der Waals surface area contributed by atoms with Gasteiger partial charge in [-0.15, -0.1) is 0 Å². The molecule has 3 fully saturated rings. The Bertz CT molecular complexity index is 642. The first-order chi connectivity index (χ1) is 13.2. The van der Waals surface area contributed by atoms with E-state index in [1.807, 2.05) is 12.1 Å². The Balaban J connectivity index is 1.26. The number of amides is 1. The van der Waals surface area contributed by atoms with Crippen LogP contribution in [0.4, 0.5) is 5.69 Å². The van der Waals surface area contributed by atoms with Crippen LogP contribution in [0.25, 0.3) is 0 Å². The lowest BCUT2D eigenvalue weighted by Gasteiger charge is -2.41. The number of piperidine rings is 1. The van der Waals surface area contributed by atoms with E-state index in [2.05, 4.69) is 21.9 Å². The van der Waals surface area contributed by atoms with E-state index in [1.54, 1.807) is 7.11 Å². The summed E-state index contributed by atoms with van der Waals surface area (Å²) in [6, 6.07) is 8.28. The van der Waals surface area contributed by atoms with E-state index in [9.17, 15) is 4.79 Å². The molecule has 1 aromatic rings. The minimum Gasteiger partial charge on any atom is -0.497 e. The molecule has 1 aliphatic carbocycles. The Morgan fingerprint density at radius 1 is 1.11 bits per heavy atom. The summed E-state index contributed by atoms with van der Waals surface area (Å²) in [5, 5.41) is 0. The number of nitrogens with one attached hydrogen (secondary N) is 1. The first-order valence-corrected chi connectivity index (χ1v) is 10.7. The summed E-state index contributed by atoms with van der Waals surface area (Å²) in [5.41, 5.74) is 1.22. The molecule has 27 heavy (non-hydrogen) atoms. The summed E-state index contributed by atoms with van der Waals surface area (Å²) >= 11 is 0. The lowest BCUT2D eigenvalue weighted by atomic mass is 9.75. The number of rotatable bonds is 4. The fourth-order valence-corrected chi connectivity index (χ4v) is 5.22. The molecule has 0 radical (unpaired) electrons. The third-order valence-electron chi connectivity index (χ3n) is 6.93. The zero-order valence-corrected chi connectivity index (χ0v) is 16.7. The van der Waals surface area contributed by atoms with Gasteiger partial charge in [-0.25, -0.2) is 0 Å². The Kier molecular flexibility index (Phi) is 5.86. The lowest BCUT2D eigenvalue weighted by Crippen LogP contribution is -3.16. The van der Waals surface area contributed by atoms with Crippen LogP contribution in [0.1, 0.15) is 32.1 Å². The van der Waals surface area contributed by atoms with Crippen LogP contribution in [0, 0.1) is 11.8 Å². The summed E-state index contributed by atoms with van der Waals surface area (Å²) in [5.74, 6) is 2.95. The van der Waals surface area contributed by atoms with Crippen LogP contribution in [-0.2, 0) is 4.79 Å². The summed E-state index contributed by atoms with van der Waals surface area (Å²) in [6.07, 6.45) is 6.72. The minimum atomic E-state index is 0.379. The third kappa shape index (κ3) is 4.40. The molecular weight excluding hydrogens is 338 g/mol. The van der Waals surface area contributed by atoms with Crippen LogP contribution in [0.5, 0.6) is 5.75 Å². The van der Waals surface area contributed by atoms with Gasteiger partial charge in [0.1, 0.15) is 5.75 Å². The van der Waals surface area contributed by atoms with Crippen molar-refractivity contribution in [1.82, 2.24) is 4.90 Å². The standard InChI is InChI=1S/C22H33N3O2/c1-27-21-8-4-7-20(15-21)24-13-11-23(12-14-24)17-22(26)25-10-9-18-5-2-3-6-19(18)16-25/h4,7-8,15,18-19H,2-3,5-6,9-14,16-17H2,1H3/p+1/t18-,19-/m1/s1. The molecule has 2 atom stereocenters. The number of anilines is 1. The van der Waals surface area contributed by atoms with Crippen molar-refractivity contribution >= 4 is 11.6 Å². The Morgan fingerprint density at radius 2 is 1.89 bits per heavy atom. The maximum atomic E-state index is 12.9. The smallest absolute Gasteiger partial charge is 0.277 e. The van der Waals surface area contributed by atoms with Crippen molar-refractivity contribution in [3.05, 3.63) is 24.3 Å². The van der Waals surface area contributed by atoms with Crippen molar-refractivity contribution in [2.24, 2.45) is 11.8 Å². The molecular formula is C22H34N3O2+. The maximum Gasteiger partial charge on any atom is 0.277 e. The molecule has 5 heteroatoms. The first kappa shape index (κ1) is 18.6. The lowest BCUT2D eigenvalue weighted by molar-refractivity contribution is -0.892. The zero-order valence-electron chi connectivity index (χ0n) is 16.7. The second kappa shape index (κ2) is 8.51. The average Bonchev–Trinajstić information content (AvgIpc) is 2.74. The second-order valence-corrected chi connectivity index (χ2v) is 8.55. The van der Waals surface area contributed by atoms with E-state index >= 15 is 0 Å². The molecule has 4 rings (SSSR count). The zero-order chi connectivity index (χ0) is 18.6. The number of carbonyl (C=O) groups is 1. The van der Waals surface area contributed by atoms with Gasteiger partial charge < -0.3 is 19.4 Å². The fourth-order valence-electron chi connectivity index (χ4n) is 5.22. The van der Waals surface area contributed by atoms with Gasteiger partial charge in [0.25, 0.3) is 5.91 Å². The van der Waals surface area contributed by atoms with E-state index in [0.717, 1.165) is 56.9 Å². The van der Waals surface area contributed by atoms with Gasteiger partial charge in [0.05, 0.1) is 33.3 Å². The second-order valence-electron chi connectivity index (χ2n) is 8.55. The molecule has 0 spiro atoms. The number of piperazine rings is 1. The van der Waals surface area contributed by atoms with E-state index in [1.165, 1.54) is 42.7 Å². The van der Waals surface area contributed by atoms with Gasteiger partial charge in [0.2, 0.25) is 0 Å². The number of quaternary nitrogens is 1. The summed E-state index contributed by atoms with van der Waals surface area (Å²) in [7, 11) is 1.71. The van der Waals surface area contributed by atoms with Gasteiger partial charge in [0.15, 0.2) is 6.54 Å². The highest BCUT2D eigenvalue weighted by atomic mass is 16.5. The van der Waals surface area contributed by atoms with Gasteiger partial charge >= 0.3 is 0 Å². The third-order valence-corrected chi connectivity index (χ3v) is 6.93. The van der Waals surface area contributed by atoms with Crippen molar-refractivity contribution in [3.63, 3.8) is 0 Å². The van der Waals surface area contributed by atoms with Gasteiger partial charge in [0, 0.05) is 24.8 Å². The highest BCUT2D eigenvalue weighted by Gasteiger charge is 2.34. The van der Waals surface area contributed by atoms with Gasteiger partial charge in [-0.05, 0) is 36.8 Å². The van der Waals surface area contributed by atoms with Crippen LogP contribution in [0.2, 0.25) is 0 Å². The van der Waals surface area contributed by atoms with Crippen LogP contribution in [-0.4, -0.2) is 63.7 Å². The van der Waals surface area contributed by atoms with Crippen molar-refractivity contribution in [3.8, 4) is 5.75 Å². The Morgan fingerprint density at radius 3 is 2.67 bits per heavy atom. The van der Waals surface area contributed by atoms with Crippen molar-refractivity contribution in [2.45, 2.75) is 32.1 Å². The number of fused-ring (bicyclic) bond motifs is 1. The summed E-state index contributed by atoms with van der Waals surface area (Å²) in [6.45, 7) is 6.74. The van der Waals surface area contributed by atoms with Crippen molar-refractivity contribution < 1.29 is 14.4 Å². The monoisotopic (exact) mass is 372 g/mol. The number of benzene rings is 1. The van der Waals surface area contributed by atoms with Crippen LogP contribution in [0.3, 0.4) is 0 Å². The normalized spacial score (nSPS) is 26.6. The number of hydrogen-bond donors (Lipinski definition) is 1. The molecule has 0 bridgehead atoms. The predicted molar refractivity (Wildman–Crippen MR) is 107 cm³/mol. The van der Waals surface area contributed by atoms with E-state index in [4.69, 9.17) is 4.74 Å². The molecule has 0 aromatic heterocycles. The van der Waals surface area contributed by atoms with Crippen LogP contribution >= 0.6 is 0 Å². The molecule has 0 unspecified atom stereocenters. The Labute approximate surface area is 163 Å². The van der Waals surface area contributed by atoms with Crippen molar-refractivity contribution in [1.29, 1.82) is 0 Å². The van der Waals surface area contributed by atoms with E-state index in [-0.39, 0.29) is 0 Å².